The van der Waals surface area contributed by atoms with Gasteiger partial charge in [-0.25, -0.2) is 4.79 Å². The Hall–Kier alpha value is -2.28. The van der Waals surface area contributed by atoms with E-state index in [4.69, 9.17) is 18.9 Å². The first-order valence-corrected chi connectivity index (χ1v) is 20.0. The number of hydrogen-bond acceptors (Lipinski definition) is 10. The molecule has 4 heterocycles. The van der Waals surface area contributed by atoms with E-state index in [0.717, 1.165) is 31.5 Å². The van der Waals surface area contributed by atoms with E-state index in [2.05, 4.69) is 4.90 Å². The number of carbonyl (C=O) groups is 2. The largest absolute Gasteiger partial charge is 0.457 e. The van der Waals surface area contributed by atoms with Crippen LogP contribution in [0.25, 0.3) is 0 Å². The summed E-state index contributed by atoms with van der Waals surface area (Å²) in [4.78, 5) is 31.1. The highest BCUT2D eigenvalue weighted by Crippen LogP contribution is 2.38. The molecular formula is C41H68N2O9. The van der Waals surface area contributed by atoms with Gasteiger partial charge in [0.2, 0.25) is 0 Å². The number of cyclic esters (lactones) is 1. The lowest BCUT2D eigenvalue weighted by Crippen LogP contribution is -2.51. The third-order valence-electron chi connectivity index (χ3n) is 11.7. The molecule has 4 aliphatic heterocycles. The van der Waals surface area contributed by atoms with E-state index in [0.29, 0.717) is 45.0 Å². The number of aliphatic hydroxyl groups excluding tert-OH is 2. The van der Waals surface area contributed by atoms with Gasteiger partial charge in [-0.3, -0.25) is 4.79 Å². The number of hydrogen-bond donors (Lipinski definition) is 3. The number of ether oxygens (including phenoxy) is 4. The summed E-state index contributed by atoms with van der Waals surface area (Å²) in [6.45, 7) is 17.2. The maximum Gasteiger partial charge on any atom is 0.410 e. The number of piperidine rings is 2. The van der Waals surface area contributed by atoms with E-state index < -0.39 is 41.6 Å². The first-order valence-electron chi connectivity index (χ1n) is 20.0. The summed E-state index contributed by atoms with van der Waals surface area (Å²) in [6, 6.07) is 0.507. The quantitative estimate of drug-likeness (QED) is 0.0990. The van der Waals surface area contributed by atoms with Gasteiger partial charge in [0.15, 0.2) is 6.10 Å². The molecule has 10 unspecified atom stereocenters. The van der Waals surface area contributed by atoms with Crippen LogP contribution in [0, 0.1) is 11.8 Å². The van der Waals surface area contributed by atoms with Crippen molar-refractivity contribution in [1.29, 1.82) is 0 Å². The number of carbonyl (C=O) groups excluding carboxylic acids is 2. The molecule has 3 saturated heterocycles. The number of rotatable bonds is 12. The molecule has 3 N–H and O–H groups in total. The van der Waals surface area contributed by atoms with Crippen LogP contribution in [0.1, 0.15) is 113 Å². The minimum atomic E-state index is -1.14. The summed E-state index contributed by atoms with van der Waals surface area (Å²) < 4.78 is 24.3. The maximum absolute atomic E-state index is 13.7. The second-order valence-electron chi connectivity index (χ2n) is 16.2. The Bertz CT molecular complexity index is 1240. The van der Waals surface area contributed by atoms with Crippen molar-refractivity contribution in [3.8, 4) is 0 Å². The van der Waals surface area contributed by atoms with Crippen molar-refractivity contribution in [2.75, 3.05) is 32.8 Å². The first-order chi connectivity index (χ1) is 24.7. The van der Waals surface area contributed by atoms with Crippen molar-refractivity contribution in [3.05, 3.63) is 36.0 Å². The molecule has 0 aromatic heterocycles. The Morgan fingerprint density at radius 2 is 1.83 bits per heavy atom. The molecule has 1 amide bonds. The summed E-state index contributed by atoms with van der Waals surface area (Å²) in [5.41, 5.74) is -1.32. The number of nitrogens with zero attached hydrogens (tertiary/aromatic N) is 2. The third kappa shape index (κ3) is 12.1. The van der Waals surface area contributed by atoms with Gasteiger partial charge in [-0.1, -0.05) is 51.5 Å². The Labute approximate surface area is 312 Å². The zero-order chi connectivity index (χ0) is 38.1. The van der Waals surface area contributed by atoms with Crippen molar-refractivity contribution >= 4 is 12.1 Å². The minimum Gasteiger partial charge on any atom is -0.457 e. The molecule has 0 aromatic carbocycles. The monoisotopic (exact) mass is 732 g/mol. The average molecular weight is 733 g/mol. The van der Waals surface area contributed by atoms with E-state index in [1.165, 1.54) is 19.3 Å². The van der Waals surface area contributed by atoms with Gasteiger partial charge >= 0.3 is 12.1 Å². The molecule has 11 heteroatoms. The molecule has 11 nitrogen and oxygen atoms in total. The summed E-state index contributed by atoms with van der Waals surface area (Å²) in [5, 5.41) is 32.2. The van der Waals surface area contributed by atoms with Gasteiger partial charge in [0.05, 0.1) is 36.4 Å². The standard InChI is InChI=1S/C41H68N2O9/c1-8-33(45)30(5)38-34(50-38)27-40(6,48)20-13-14-28(3)37-29(4)15-16-35(41(7,49-9-2)21-17-32(44)26-36(46)52-37)51-39(47)43-24-18-31(19-25-43)42-22-11-10-12-23-42/h13-16,20,29-35,37-38,44-45,48H,8-12,17-19,21-27H2,1-7H3/b16-15+,20-13+,28-14+. The Kier molecular flexibility index (Phi) is 15.8. The van der Waals surface area contributed by atoms with E-state index in [1.807, 2.05) is 59.8 Å². The lowest BCUT2D eigenvalue weighted by Gasteiger charge is -2.41. The number of allylic oxidation sites excluding steroid dienone is 2. The minimum absolute atomic E-state index is 0.00266. The van der Waals surface area contributed by atoms with Gasteiger partial charge in [-0.15, -0.1) is 0 Å². The van der Waals surface area contributed by atoms with Crippen molar-refractivity contribution in [1.82, 2.24) is 9.80 Å². The van der Waals surface area contributed by atoms with Crippen molar-refractivity contribution < 1.29 is 43.9 Å². The Balaban J connectivity index is 1.47. The van der Waals surface area contributed by atoms with Crippen LogP contribution in [0.15, 0.2) is 36.0 Å². The lowest BCUT2D eigenvalue weighted by molar-refractivity contribution is -0.152. The second kappa shape index (κ2) is 19.4. The number of esters is 1. The van der Waals surface area contributed by atoms with Gasteiger partial charge < -0.3 is 44.1 Å². The van der Waals surface area contributed by atoms with E-state index >= 15 is 0 Å². The van der Waals surface area contributed by atoms with E-state index in [1.54, 1.807) is 24.0 Å². The van der Waals surface area contributed by atoms with Crippen molar-refractivity contribution in [3.63, 3.8) is 0 Å². The Morgan fingerprint density at radius 3 is 2.48 bits per heavy atom. The normalized spacial score (nSPS) is 34.8. The maximum atomic E-state index is 13.7. The molecule has 52 heavy (non-hydrogen) atoms. The Morgan fingerprint density at radius 1 is 1.13 bits per heavy atom. The molecule has 4 rings (SSSR count). The molecule has 3 fully saturated rings. The highest BCUT2D eigenvalue weighted by Gasteiger charge is 2.47. The molecular weight excluding hydrogens is 664 g/mol. The number of aliphatic hydroxyl groups is 3. The van der Waals surface area contributed by atoms with Crippen LogP contribution >= 0.6 is 0 Å². The zero-order valence-corrected chi connectivity index (χ0v) is 32.9. The molecule has 0 spiro atoms. The van der Waals surface area contributed by atoms with Gasteiger partial charge in [0.25, 0.3) is 0 Å². The summed E-state index contributed by atoms with van der Waals surface area (Å²) in [5.74, 6) is -0.821. The fourth-order valence-electron chi connectivity index (χ4n) is 8.15. The van der Waals surface area contributed by atoms with Crippen molar-refractivity contribution in [2.45, 2.75) is 167 Å². The van der Waals surface area contributed by atoms with Crippen LogP contribution in [-0.4, -0.2) is 124 Å². The molecule has 0 radical (unpaired) electrons. The molecule has 10 atom stereocenters. The lowest BCUT2D eigenvalue weighted by atomic mass is 9.88. The SMILES string of the molecule is CCOC1(C)CCC(O)CC(=O)OC(/C(C)=C/C=C/C(C)(O)CC2OC2C(C)C(O)CC)C(C)/C=C/C1OC(=O)N1CCC(N2CCCCC2)CC1. The topological polar surface area (TPSA) is 142 Å². The predicted molar refractivity (Wildman–Crippen MR) is 201 cm³/mol. The smallest absolute Gasteiger partial charge is 0.410 e. The van der Waals surface area contributed by atoms with Gasteiger partial charge in [0.1, 0.15) is 11.7 Å². The molecule has 0 bridgehead atoms. The fraction of sp³-hybridized carbons (Fsp3) is 0.805. The summed E-state index contributed by atoms with van der Waals surface area (Å²) in [7, 11) is 0. The van der Waals surface area contributed by atoms with Crippen LogP contribution in [0.5, 0.6) is 0 Å². The first kappa shape index (κ1) is 42.5. The molecule has 296 valence electrons. The highest BCUT2D eigenvalue weighted by molar-refractivity contribution is 5.70. The van der Waals surface area contributed by atoms with Crippen molar-refractivity contribution in [2.24, 2.45) is 11.8 Å². The fourth-order valence-corrected chi connectivity index (χ4v) is 8.15. The predicted octanol–water partition coefficient (Wildman–Crippen LogP) is 5.70. The number of amides is 1. The van der Waals surface area contributed by atoms with Gasteiger partial charge in [-0.2, -0.15) is 0 Å². The summed E-state index contributed by atoms with van der Waals surface area (Å²) in [6.07, 6.45) is 12.9. The van der Waals surface area contributed by atoms with Crippen LogP contribution in [0.4, 0.5) is 4.79 Å². The van der Waals surface area contributed by atoms with Crippen LogP contribution < -0.4 is 0 Å². The number of epoxide rings is 1. The van der Waals surface area contributed by atoms with Crippen LogP contribution in [0.3, 0.4) is 0 Å². The number of likely N-dealkylation sites (tertiary alicyclic amines) is 2. The second-order valence-corrected chi connectivity index (χ2v) is 16.2. The molecule has 0 aliphatic carbocycles. The zero-order valence-electron chi connectivity index (χ0n) is 32.9. The summed E-state index contributed by atoms with van der Waals surface area (Å²) >= 11 is 0. The van der Waals surface area contributed by atoms with Crippen LogP contribution in [0.2, 0.25) is 0 Å². The molecule has 0 aromatic rings. The van der Waals surface area contributed by atoms with Crippen LogP contribution in [-0.2, 0) is 23.7 Å². The molecule has 0 saturated carbocycles. The van der Waals surface area contributed by atoms with Gasteiger partial charge in [0, 0.05) is 44.0 Å². The molecule has 4 aliphatic rings. The van der Waals surface area contributed by atoms with E-state index in [9.17, 15) is 24.9 Å². The van der Waals surface area contributed by atoms with Gasteiger partial charge in [-0.05, 0) is 97.4 Å². The third-order valence-corrected chi connectivity index (χ3v) is 11.7. The van der Waals surface area contributed by atoms with E-state index in [-0.39, 0.29) is 43.0 Å². The average Bonchev–Trinajstić information content (AvgIpc) is 3.88. The highest BCUT2D eigenvalue weighted by atomic mass is 16.6.